The van der Waals surface area contributed by atoms with E-state index in [1.165, 1.54) is 11.1 Å². The Morgan fingerprint density at radius 1 is 0.548 bits per heavy atom. The highest BCUT2D eigenvalue weighted by Crippen LogP contribution is 2.46. The van der Waals surface area contributed by atoms with E-state index in [9.17, 15) is 5.26 Å². The predicted molar refractivity (Wildman–Crippen MR) is 165 cm³/mol. The standard InChI is InChI=1S/C37H26N4O/c1-37(2)32-14-7-6-13-30(32)31-20-19-28(22-33(31)42-37)27-11-8-12-29(21-27)36-40-34(25-9-4-3-5-10-25)39-35(41-36)26-17-15-24(23-38)16-18-26/h3-22H,1-2H3. The molecule has 0 bridgehead atoms. The quantitative estimate of drug-likeness (QED) is 0.223. The normalized spacial score (nSPS) is 12.9. The first-order valence-electron chi connectivity index (χ1n) is 13.8. The van der Waals surface area contributed by atoms with Crippen molar-refractivity contribution in [1.82, 2.24) is 15.0 Å². The van der Waals surface area contributed by atoms with Gasteiger partial charge in [-0.25, -0.2) is 15.0 Å². The summed E-state index contributed by atoms with van der Waals surface area (Å²) in [4.78, 5) is 14.6. The highest BCUT2D eigenvalue weighted by Gasteiger charge is 2.32. The molecule has 1 aliphatic heterocycles. The molecule has 0 saturated heterocycles. The molecule has 5 heteroatoms. The van der Waals surface area contributed by atoms with Crippen LogP contribution in [0.5, 0.6) is 5.75 Å². The van der Waals surface area contributed by atoms with Gasteiger partial charge in [0.1, 0.15) is 11.4 Å². The zero-order chi connectivity index (χ0) is 28.7. The second-order valence-electron chi connectivity index (χ2n) is 10.8. The van der Waals surface area contributed by atoms with Gasteiger partial charge >= 0.3 is 0 Å². The summed E-state index contributed by atoms with van der Waals surface area (Å²) in [6.07, 6.45) is 0. The van der Waals surface area contributed by atoms with Gasteiger partial charge < -0.3 is 4.74 Å². The molecule has 0 atom stereocenters. The van der Waals surface area contributed by atoms with Crippen molar-refractivity contribution in [2.24, 2.45) is 0 Å². The Morgan fingerprint density at radius 3 is 1.86 bits per heavy atom. The number of benzene rings is 5. The molecule has 0 radical (unpaired) electrons. The van der Waals surface area contributed by atoms with Gasteiger partial charge in [-0.05, 0) is 66.9 Å². The summed E-state index contributed by atoms with van der Waals surface area (Å²) in [7, 11) is 0. The van der Waals surface area contributed by atoms with Crippen molar-refractivity contribution in [2.45, 2.75) is 19.4 Å². The molecule has 6 aromatic rings. The van der Waals surface area contributed by atoms with E-state index in [1.807, 2.05) is 54.6 Å². The highest BCUT2D eigenvalue weighted by atomic mass is 16.5. The maximum atomic E-state index is 9.24. The SMILES string of the molecule is CC1(C)Oc2cc(-c3cccc(-c4nc(-c5ccccc5)nc(-c5ccc(C#N)cc5)n4)c3)ccc2-c2ccccc21. The van der Waals surface area contributed by atoms with Crippen LogP contribution in [0.3, 0.4) is 0 Å². The fourth-order valence-electron chi connectivity index (χ4n) is 5.46. The van der Waals surface area contributed by atoms with Gasteiger partial charge in [0.15, 0.2) is 17.5 Å². The average molecular weight is 543 g/mol. The van der Waals surface area contributed by atoms with E-state index in [0.717, 1.165) is 39.1 Å². The second-order valence-corrected chi connectivity index (χ2v) is 10.8. The summed E-state index contributed by atoms with van der Waals surface area (Å²) < 4.78 is 6.52. The third-order valence-corrected chi connectivity index (χ3v) is 7.61. The Hall–Kier alpha value is -5.60. The number of nitrogens with zero attached hydrogens (tertiary/aromatic N) is 4. The van der Waals surface area contributed by atoms with E-state index >= 15 is 0 Å². The van der Waals surface area contributed by atoms with Crippen molar-refractivity contribution in [3.63, 3.8) is 0 Å². The van der Waals surface area contributed by atoms with E-state index in [4.69, 9.17) is 19.7 Å². The van der Waals surface area contributed by atoms with E-state index in [-0.39, 0.29) is 0 Å². The van der Waals surface area contributed by atoms with Crippen LogP contribution in [0.2, 0.25) is 0 Å². The molecular formula is C37H26N4O. The molecule has 0 amide bonds. The van der Waals surface area contributed by atoms with Crippen LogP contribution in [0.4, 0.5) is 0 Å². The minimum absolute atomic E-state index is 0.426. The molecule has 0 N–H and O–H groups in total. The highest BCUT2D eigenvalue weighted by molar-refractivity contribution is 5.81. The summed E-state index contributed by atoms with van der Waals surface area (Å²) in [5, 5.41) is 9.24. The van der Waals surface area contributed by atoms with E-state index < -0.39 is 5.60 Å². The first-order valence-corrected chi connectivity index (χ1v) is 13.8. The number of fused-ring (bicyclic) bond motifs is 3. The van der Waals surface area contributed by atoms with E-state index in [0.29, 0.717) is 23.0 Å². The van der Waals surface area contributed by atoms with Crippen LogP contribution in [0.15, 0.2) is 121 Å². The van der Waals surface area contributed by atoms with Crippen molar-refractivity contribution in [3.8, 4) is 68.2 Å². The van der Waals surface area contributed by atoms with Gasteiger partial charge in [-0.1, -0.05) is 84.9 Å². The van der Waals surface area contributed by atoms with Crippen molar-refractivity contribution in [2.75, 3.05) is 0 Å². The lowest BCUT2D eigenvalue weighted by Gasteiger charge is -2.35. The molecule has 0 aliphatic carbocycles. The van der Waals surface area contributed by atoms with Crippen LogP contribution in [0.25, 0.3) is 56.4 Å². The summed E-state index contributed by atoms with van der Waals surface area (Å²) in [6, 6.07) is 42.4. The Morgan fingerprint density at radius 2 is 1.12 bits per heavy atom. The molecule has 5 nitrogen and oxygen atoms in total. The van der Waals surface area contributed by atoms with Gasteiger partial charge in [0.25, 0.3) is 0 Å². The maximum absolute atomic E-state index is 9.24. The zero-order valence-corrected chi connectivity index (χ0v) is 23.2. The number of aromatic nitrogens is 3. The minimum atomic E-state index is -0.426. The first kappa shape index (κ1) is 25.4. The largest absolute Gasteiger partial charge is 0.482 e. The lowest BCUT2D eigenvalue weighted by Crippen LogP contribution is -2.29. The number of ether oxygens (including phenoxy) is 1. The van der Waals surface area contributed by atoms with E-state index in [2.05, 4.69) is 74.5 Å². The van der Waals surface area contributed by atoms with Gasteiger partial charge in [-0.2, -0.15) is 5.26 Å². The molecule has 1 aromatic heterocycles. The molecule has 0 saturated carbocycles. The molecular weight excluding hydrogens is 516 g/mol. The Balaban J connectivity index is 1.32. The number of hydrogen-bond donors (Lipinski definition) is 0. The first-order chi connectivity index (χ1) is 20.5. The van der Waals surface area contributed by atoms with Crippen LogP contribution in [-0.2, 0) is 5.60 Å². The molecule has 1 aliphatic rings. The molecule has 2 heterocycles. The van der Waals surface area contributed by atoms with Gasteiger partial charge in [0.2, 0.25) is 0 Å². The van der Waals surface area contributed by atoms with E-state index in [1.54, 1.807) is 12.1 Å². The maximum Gasteiger partial charge on any atom is 0.164 e. The third kappa shape index (κ3) is 4.59. The topological polar surface area (TPSA) is 71.7 Å². The molecule has 200 valence electrons. The van der Waals surface area contributed by atoms with Gasteiger partial charge in [0, 0.05) is 27.8 Å². The number of hydrogen-bond acceptors (Lipinski definition) is 5. The lowest BCUT2D eigenvalue weighted by molar-refractivity contribution is 0.106. The lowest BCUT2D eigenvalue weighted by atomic mass is 9.85. The van der Waals surface area contributed by atoms with Crippen molar-refractivity contribution in [3.05, 3.63) is 132 Å². The third-order valence-electron chi connectivity index (χ3n) is 7.61. The van der Waals surface area contributed by atoms with Crippen molar-refractivity contribution >= 4 is 0 Å². The molecule has 0 fully saturated rings. The summed E-state index contributed by atoms with van der Waals surface area (Å²) >= 11 is 0. The molecule has 0 unspecified atom stereocenters. The summed E-state index contributed by atoms with van der Waals surface area (Å²) in [6.45, 7) is 4.22. The zero-order valence-electron chi connectivity index (χ0n) is 23.2. The Bertz CT molecular complexity index is 1990. The van der Waals surface area contributed by atoms with Gasteiger partial charge in [-0.15, -0.1) is 0 Å². The van der Waals surface area contributed by atoms with Crippen molar-refractivity contribution < 1.29 is 4.74 Å². The van der Waals surface area contributed by atoms with Crippen LogP contribution >= 0.6 is 0 Å². The van der Waals surface area contributed by atoms with Crippen molar-refractivity contribution in [1.29, 1.82) is 5.26 Å². The Labute approximate surface area is 244 Å². The van der Waals surface area contributed by atoms with Crippen LogP contribution < -0.4 is 4.74 Å². The van der Waals surface area contributed by atoms with Crippen LogP contribution in [0, 0.1) is 11.3 Å². The Kier molecular flexibility index (Phi) is 6.10. The fourth-order valence-corrected chi connectivity index (χ4v) is 5.46. The fraction of sp³-hybridized carbons (Fsp3) is 0.0811. The predicted octanol–water partition coefficient (Wildman–Crippen LogP) is 8.71. The summed E-state index contributed by atoms with van der Waals surface area (Å²) in [5.41, 5.74) is 8.35. The monoisotopic (exact) mass is 542 g/mol. The van der Waals surface area contributed by atoms with Gasteiger partial charge in [-0.3, -0.25) is 0 Å². The molecule has 7 rings (SSSR count). The molecule has 42 heavy (non-hydrogen) atoms. The molecule has 0 spiro atoms. The van der Waals surface area contributed by atoms with Crippen LogP contribution in [-0.4, -0.2) is 15.0 Å². The average Bonchev–Trinajstić information content (AvgIpc) is 3.04. The summed E-state index contributed by atoms with van der Waals surface area (Å²) in [5.74, 6) is 2.59. The van der Waals surface area contributed by atoms with Gasteiger partial charge in [0.05, 0.1) is 11.6 Å². The number of rotatable bonds is 4. The smallest absolute Gasteiger partial charge is 0.164 e. The molecule has 5 aromatic carbocycles. The number of nitriles is 1. The second kappa shape index (κ2) is 10.1. The minimum Gasteiger partial charge on any atom is -0.482 e. The van der Waals surface area contributed by atoms with Crippen LogP contribution in [0.1, 0.15) is 25.0 Å².